The predicted octanol–water partition coefficient (Wildman–Crippen LogP) is 3.55. The van der Waals surface area contributed by atoms with E-state index in [1.807, 2.05) is 48.0 Å². The number of esters is 1. The highest BCUT2D eigenvalue weighted by molar-refractivity contribution is 6.07. The number of aryl methyl sites for hydroxylation is 1. The number of carbonyl (C=O) groups excluding carboxylic acids is 1. The summed E-state index contributed by atoms with van der Waals surface area (Å²) in [5.41, 5.74) is 10.6. The minimum Gasteiger partial charge on any atom is -0.462 e. The Morgan fingerprint density at radius 2 is 2.00 bits per heavy atom. The number of para-hydroxylation sites is 1. The molecule has 30 heavy (non-hydrogen) atoms. The lowest BCUT2D eigenvalue weighted by Gasteiger charge is -2.09. The predicted molar refractivity (Wildman–Crippen MR) is 118 cm³/mol. The highest BCUT2D eigenvalue weighted by Crippen LogP contribution is 2.33. The van der Waals surface area contributed by atoms with Gasteiger partial charge in [-0.25, -0.2) is 4.79 Å². The summed E-state index contributed by atoms with van der Waals surface area (Å²) in [5.74, 6) is -0.537. The normalized spacial score (nSPS) is 11.0. The first-order valence-corrected chi connectivity index (χ1v) is 9.71. The van der Waals surface area contributed by atoms with Gasteiger partial charge in [0, 0.05) is 29.5 Å². The smallest absolute Gasteiger partial charge is 0.340 e. The third kappa shape index (κ3) is 3.34. The summed E-state index contributed by atoms with van der Waals surface area (Å²) in [6.07, 6.45) is 1.80. The molecule has 152 valence electrons. The van der Waals surface area contributed by atoms with Crippen molar-refractivity contribution < 1.29 is 9.53 Å². The van der Waals surface area contributed by atoms with Gasteiger partial charge in [0.25, 0.3) is 0 Å². The van der Waals surface area contributed by atoms with E-state index in [9.17, 15) is 4.79 Å². The Labute approximate surface area is 174 Å². The maximum absolute atomic E-state index is 12.7. The Morgan fingerprint density at radius 3 is 2.77 bits per heavy atom. The molecule has 4 aromatic rings. The van der Waals surface area contributed by atoms with Gasteiger partial charge in [-0.3, -0.25) is 10.4 Å². The van der Waals surface area contributed by atoms with Gasteiger partial charge in [-0.05, 0) is 36.2 Å². The number of fused-ring (bicyclic) bond motifs is 2. The molecule has 0 radical (unpaired) electrons. The van der Waals surface area contributed by atoms with Crippen molar-refractivity contribution in [2.45, 2.75) is 13.5 Å². The van der Waals surface area contributed by atoms with Crippen molar-refractivity contribution in [2.75, 3.05) is 6.61 Å². The van der Waals surface area contributed by atoms with Crippen molar-refractivity contribution in [1.29, 1.82) is 5.41 Å². The highest BCUT2D eigenvalue weighted by Gasteiger charge is 2.22. The van der Waals surface area contributed by atoms with Crippen LogP contribution in [0.2, 0.25) is 0 Å². The van der Waals surface area contributed by atoms with Crippen molar-refractivity contribution >= 4 is 33.7 Å². The Bertz CT molecular complexity index is 1270. The van der Waals surface area contributed by atoms with Crippen LogP contribution in [-0.4, -0.2) is 28.1 Å². The molecule has 0 atom stereocenters. The molecule has 2 aromatic carbocycles. The molecule has 0 aliphatic rings. The van der Waals surface area contributed by atoms with E-state index in [1.54, 1.807) is 13.1 Å². The van der Waals surface area contributed by atoms with Crippen LogP contribution in [0.25, 0.3) is 32.9 Å². The third-order valence-corrected chi connectivity index (χ3v) is 5.21. The molecule has 0 amide bonds. The summed E-state index contributed by atoms with van der Waals surface area (Å²) in [4.78, 5) is 17.2. The number of hydrogen-bond donors (Lipinski definition) is 3. The maximum Gasteiger partial charge on any atom is 0.340 e. The molecule has 0 aliphatic heterocycles. The SMILES string of the molecule is CCOC(=O)c1c(CNC(=N)N)n(C)c2cc(-c3ccnc4ccccc34)ccc12. The second-order valence-corrected chi connectivity index (χ2v) is 6.98. The zero-order valence-electron chi connectivity index (χ0n) is 16.9. The number of aromatic nitrogens is 2. The summed E-state index contributed by atoms with van der Waals surface area (Å²) in [7, 11) is 1.90. The molecule has 0 saturated carbocycles. The number of hydrogen-bond acceptors (Lipinski definition) is 4. The fourth-order valence-corrected chi connectivity index (χ4v) is 3.82. The van der Waals surface area contributed by atoms with Gasteiger partial charge in [0.2, 0.25) is 0 Å². The van der Waals surface area contributed by atoms with E-state index >= 15 is 0 Å². The topological polar surface area (TPSA) is 106 Å². The van der Waals surface area contributed by atoms with Crippen LogP contribution in [0.5, 0.6) is 0 Å². The first-order chi connectivity index (χ1) is 14.5. The number of nitrogens with one attached hydrogen (secondary N) is 2. The van der Waals surface area contributed by atoms with E-state index in [0.29, 0.717) is 5.56 Å². The number of carbonyl (C=O) groups is 1. The first-order valence-electron chi connectivity index (χ1n) is 9.71. The van der Waals surface area contributed by atoms with E-state index < -0.39 is 0 Å². The van der Waals surface area contributed by atoms with E-state index in [4.69, 9.17) is 15.9 Å². The molecular weight excluding hydrogens is 378 g/mol. The molecule has 4 N–H and O–H groups in total. The van der Waals surface area contributed by atoms with Crippen molar-refractivity contribution in [1.82, 2.24) is 14.9 Å². The van der Waals surface area contributed by atoms with Crippen LogP contribution in [0.4, 0.5) is 0 Å². The molecule has 0 aliphatic carbocycles. The molecular formula is C23H23N5O2. The summed E-state index contributed by atoms with van der Waals surface area (Å²) in [5, 5.41) is 12.1. The van der Waals surface area contributed by atoms with Crippen LogP contribution >= 0.6 is 0 Å². The van der Waals surface area contributed by atoms with Crippen molar-refractivity contribution in [3.05, 3.63) is 66.0 Å². The first kappa shape index (κ1) is 19.4. The molecule has 0 fully saturated rings. The fourth-order valence-electron chi connectivity index (χ4n) is 3.82. The lowest BCUT2D eigenvalue weighted by molar-refractivity contribution is 0.0527. The zero-order chi connectivity index (χ0) is 21.3. The van der Waals surface area contributed by atoms with Gasteiger partial charge in [-0.1, -0.05) is 30.3 Å². The number of pyridine rings is 1. The van der Waals surface area contributed by atoms with Crippen LogP contribution < -0.4 is 11.1 Å². The van der Waals surface area contributed by atoms with Crippen molar-refractivity contribution in [3.63, 3.8) is 0 Å². The quantitative estimate of drug-likeness (QED) is 0.269. The molecule has 4 rings (SSSR count). The lowest BCUT2D eigenvalue weighted by atomic mass is 9.99. The number of nitrogens with zero attached hydrogens (tertiary/aromatic N) is 2. The van der Waals surface area contributed by atoms with E-state index in [0.717, 1.165) is 38.6 Å². The molecule has 0 saturated heterocycles. The summed E-state index contributed by atoms with van der Waals surface area (Å²) >= 11 is 0. The second kappa shape index (κ2) is 7.87. The fraction of sp³-hybridized carbons (Fsp3) is 0.174. The van der Waals surface area contributed by atoms with Gasteiger partial charge in [0.05, 0.1) is 29.9 Å². The standard InChI is InChI=1S/C23H23N5O2/c1-3-30-22(29)21-17-9-8-14(12-19(17)28(2)20(21)13-27-23(24)25)15-10-11-26-18-7-5-4-6-16(15)18/h4-12H,3,13H2,1-2H3,(H4,24,25,27). The van der Waals surface area contributed by atoms with Crippen molar-refractivity contribution in [3.8, 4) is 11.1 Å². The van der Waals surface area contributed by atoms with Crippen LogP contribution in [0.1, 0.15) is 23.0 Å². The van der Waals surface area contributed by atoms with Gasteiger partial charge < -0.3 is 20.4 Å². The molecule has 0 unspecified atom stereocenters. The molecule has 7 heteroatoms. The molecule has 0 bridgehead atoms. The van der Waals surface area contributed by atoms with Crippen LogP contribution in [0, 0.1) is 5.41 Å². The number of rotatable bonds is 5. The molecule has 0 spiro atoms. The monoisotopic (exact) mass is 401 g/mol. The van der Waals surface area contributed by atoms with E-state index in [1.165, 1.54) is 0 Å². The minimum absolute atomic E-state index is 0.154. The van der Waals surface area contributed by atoms with Crippen molar-refractivity contribution in [2.24, 2.45) is 12.8 Å². The van der Waals surface area contributed by atoms with Crippen LogP contribution in [0.3, 0.4) is 0 Å². The zero-order valence-corrected chi connectivity index (χ0v) is 16.9. The Balaban J connectivity index is 1.91. The number of guanidine groups is 1. The molecule has 2 aromatic heterocycles. The minimum atomic E-state index is -0.384. The van der Waals surface area contributed by atoms with Gasteiger partial charge in [-0.2, -0.15) is 0 Å². The van der Waals surface area contributed by atoms with Gasteiger partial charge in [-0.15, -0.1) is 0 Å². The van der Waals surface area contributed by atoms with Crippen LogP contribution in [-0.2, 0) is 18.3 Å². The van der Waals surface area contributed by atoms with Gasteiger partial charge in [0.15, 0.2) is 5.96 Å². The summed E-state index contributed by atoms with van der Waals surface area (Å²) in [6.45, 7) is 2.32. The lowest BCUT2D eigenvalue weighted by Crippen LogP contribution is -2.31. The number of benzene rings is 2. The Kier molecular flexibility index (Phi) is 5.10. The van der Waals surface area contributed by atoms with Gasteiger partial charge in [0.1, 0.15) is 0 Å². The second-order valence-electron chi connectivity index (χ2n) is 6.98. The molecule has 2 heterocycles. The van der Waals surface area contributed by atoms with Crippen LogP contribution in [0.15, 0.2) is 54.7 Å². The summed E-state index contributed by atoms with van der Waals surface area (Å²) in [6, 6.07) is 16.0. The average Bonchev–Trinajstić information content (AvgIpc) is 3.03. The van der Waals surface area contributed by atoms with E-state index in [-0.39, 0.29) is 25.1 Å². The Morgan fingerprint density at radius 1 is 1.20 bits per heavy atom. The molecule has 7 nitrogen and oxygen atoms in total. The highest BCUT2D eigenvalue weighted by atomic mass is 16.5. The van der Waals surface area contributed by atoms with Gasteiger partial charge >= 0.3 is 5.97 Å². The number of ether oxygens (including phenoxy) is 1. The van der Waals surface area contributed by atoms with E-state index in [2.05, 4.69) is 22.4 Å². The largest absolute Gasteiger partial charge is 0.462 e. The average molecular weight is 401 g/mol. The third-order valence-electron chi connectivity index (χ3n) is 5.21. The number of nitrogens with two attached hydrogens (primary N) is 1. The summed E-state index contributed by atoms with van der Waals surface area (Å²) < 4.78 is 7.24. The Hall–Kier alpha value is -3.87. The maximum atomic E-state index is 12.7.